The third-order valence-electron chi connectivity index (χ3n) is 5.04. The average Bonchev–Trinajstić information content (AvgIpc) is 3.18. The van der Waals surface area contributed by atoms with Crippen molar-refractivity contribution in [3.05, 3.63) is 93.2 Å². The fraction of sp³-hybridized carbons (Fsp3) is 0.250. The van der Waals surface area contributed by atoms with Gasteiger partial charge in [0.15, 0.2) is 0 Å². The van der Waals surface area contributed by atoms with E-state index < -0.39 is 0 Å². The van der Waals surface area contributed by atoms with Crippen LogP contribution in [0.25, 0.3) is 0 Å². The predicted octanol–water partition coefficient (Wildman–Crippen LogP) is 5.20. The Morgan fingerprint density at radius 1 is 0.893 bits per heavy atom. The van der Waals surface area contributed by atoms with E-state index in [-0.39, 0.29) is 5.91 Å². The molecule has 0 bridgehead atoms. The first-order valence-electron chi connectivity index (χ1n) is 9.83. The quantitative estimate of drug-likeness (QED) is 0.458. The number of aryl methyl sites for hydroxylation is 2. The molecule has 0 fully saturated rings. The fourth-order valence-electron chi connectivity index (χ4n) is 3.59. The number of benzene rings is 2. The van der Waals surface area contributed by atoms with Gasteiger partial charge in [-0.15, -0.1) is 11.3 Å². The molecule has 0 saturated carbocycles. The summed E-state index contributed by atoms with van der Waals surface area (Å²) < 4.78 is 0. The molecule has 142 valence electrons. The molecule has 4 rings (SSSR count). The molecule has 1 N–H and O–H groups in total. The molecule has 1 aromatic heterocycles. The lowest BCUT2D eigenvalue weighted by molar-refractivity contribution is 0.0958. The lowest BCUT2D eigenvalue weighted by Gasteiger charge is -2.08. The van der Waals surface area contributed by atoms with Crippen molar-refractivity contribution in [3.63, 3.8) is 0 Å². The topological polar surface area (TPSA) is 41.5 Å². The van der Waals surface area contributed by atoms with Gasteiger partial charge in [-0.3, -0.25) is 4.79 Å². The number of hydrogen-bond acceptors (Lipinski definition) is 3. The van der Waals surface area contributed by atoms with Crippen molar-refractivity contribution >= 4 is 23.0 Å². The number of nitrogens with one attached hydrogen (secondary N) is 1. The molecule has 3 aromatic rings. The van der Waals surface area contributed by atoms with Crippen LogP contribution in [0.3, 0.4) is 0 Å². The van der Waals surface area contributed by atoms with Crippen molar-refractivity contribution in [1.82, 2.24) is 5.43 Å². The Kier molecular flexibility index (Phi) is 5.98. The van der Waals surface area contributed by atoms with Crippen LogP contribution in [0.1, 0.15) is 44.1 Å². The molecule has 0 aliphatic heterocycles. The van der Waals surface area contributed by atoms with E-state index in [4.69, 9.17) is 0 Å². The molecule has 1 amide bonds. The van der Waals surface area contributed by atoms with Crippen LogP contribution >= 0.6 is 11.3 Å². The van der Waals surface area contributed by atoms with Crippen LogP contribution in [-0.2, 0) is 25.7 Å². The van der Waals surface area contributed by atoms with E-state index in [1.165, 1.54) is 34.4 Å². The Hall–Kier alpha value is -2.72. The summed E-state index contributed by atoms with van der Waals surface area (Å²) in [7, 11) is 0. The first-order valence-corrected chi connectivity index (χ1v) is 10.6. The third-order valence-corrected chi connectivity index (χ3v) is 6.27. The summed E-state index contributed by atoms with van der Waals surface area (Å²) in [5, 5.41) is 4.52. The van der Waals surface area contributed by atoms with Crippen molar-refractivity contribution < 1.29 is 4.79 Å². The summed E-state index contributed by atoms with van der Waals surface area (Å²) in [5.74, 6) is -0.0991. The molecule has 2 aromatic carbocycles. The first-order chi connectivity index (χ1) is 13.8. The predicted molar refractivity (Wildman–Crippen MR) is 116 cm³/mol. The first kappa shape index (κ1) is 18.6. The van der Waals surface area contributed by atoms with Crippen molar-refractivity contribution in [3.8, 4) is 0 Å². The lowest BCUT2D eigenvalue weighted by Crippen LogP contribution is -2.20. The van der Waals surface area contributed by atoms with E-state index in [1.807, 2.05) is 36.4 Å². The van der Waals surface area contributed by atoms with Crippen molar-refractivity contribution in [2.45, 2.75) is 38.5 Å². The molecule has 28 heavy (non-hydrogen) atoms. The van der Waals surface area contributed by atoms with Gasteiger partial charge in [0.25, 0.3) is 5.91 Å². The number of nitrogens with zero attached hydrogens (tertiary/aromatic N) is 1. The van der Waals surface area contributed by atoms with Gasteiger partial charge in [0.1, 0.15) is 0 Å². The van der Waals surface area contributed by atoms with Gasteiger partial charge in [-0.05, 0) is 48.4 Å². The molecule has 0 saturated heterocycles. The van der Waals surface area contributed by atoms with E-state index >= 15 is 0 Å². The Labute approximate surface area is 170 Å². The molecule has 1 aliphatic rings. The van der Waals surface area contributed by atoms with Gasteiger partial charge < -0.3 is 0 Å². The second-order valence-corrected chi connectivity index (χ2v) is 8.35. The zero-order valence-corrected chi connectivity index (χ0v) is 16.7. The summed E-state index contributed by atoms with van der Waals surface area (Å²) in [5.41, 5.74) is 7.49. The van der Waals surface area contributed by atoms with Crippen LogP contribution in [-0.4, -0.2) is 11.6 Å². The molecule has 0 spiro atoms. The van der Waals surface area contributed by atoms with Gasteiger partial charge >= 0.3 is 0 Å². The highest BCUT2D eigenvalue weighted by atomic mass is 32.1. The van der Waals surface area contributed by atoms with Gasteiger partial charge in [0.05, 0.1) is 4.88 Å². The maximum absolute atomic E-state index is 12.7. The van der Waals surface area contributed by atoms with Crippen LogP contribution < -0.4 is 5.43 Å². The van der Waals surface area contributed by atoms with Crippen LogP contribution in [0.15, 0.2) is 71.8 Å². The molecule has 1 heterocycles. The van der Waals surface area contributed by atoms with E-state index in [0.29, 0.717) is 0 Å². The lowest BCUT2D eigenvalue weighted by atomic mass is 9.99. The molecule has 0 radical (unpaired) electrons. The summed E-state index contributed by atoms with van der Waals surface area (Å²) >= 11 is 1.62. The summed E-state index contributed by atoms with van der Waals surface area (Å²) in [6.07, 6.45) is 6.08. The van der Waals surface area contributed by atoms with Gasteiger partial charge in [0.2, 0.25) is 0 Å². The zero-order valence-electron chi connectivity index (χ0n) is 15.9. The maximum Gasteiger partial charge on any atom is 0.281 e. The molecular weight excluding hydrogens is 364 g/mol. The van der Waals surface area contributed by atoms with Crippen molar-refractivity contribution in [2.24, 2.45) is 5.10 Å². The Morgan fingerprint density at radius 2 is 1.50 bits per heavy atom. The summed E-state index contributed by atoms with van der Waals surface area (Å²) in [6.45, 7) is 0. The molecule has 3 nitrogen and oxygen atoms in total. The molecular formula is C24H24N2OS. The number of fused-ring (bicyclic) bond motifs is 1. The van der Waals surface area contributed by atoms with E-state index in [9.17, 15) is 4.79 Å². The van der Waals surface area contributed by atoms with Crippen LogP contribution in [0.5, 0.6) is 0 Å². The molecule has 0 atom stereocenters. The third kappa shape index (κ3) is 4.76. The second-order valence-electron chi connectivity index (χ2n) is 7.21. The average molecular weight is 389 g/mol. The van der Waals surface area contributed by atoms with Crippen LogP contribution in [0.2, 0.25) is 0 Å². The number of carbonyl (C=O) groups excluding carboxylic acids is 1. The number of hydrogen-bond donors (Lipinski definition) is 1. The molecule has 4 heteroatoms. The highest BCUT2D eigenvalue weighted by molar-refractivity contribution is 7.14. The van der Waals surface area contributed by atoms with E-state index in [0.717, 1.165) is 36.3 Å². The molecule has 0 unspecified atom stereocenters. The number of rotatable bonds is 6. The van der Waals surface area contributed by atoms with Gasteiger partial charge in [-0.2, -0.15) is 5.10 Å². The van der Waals surface area contributed by atoms with Gasteiger partial charge in [0, 0.05) is 23.4 Å². The Balaban J connectivity index is 1.50. The highest BCUT2D eigenvalue weighted by Crippen LogP contribution is 2.29. The number of hydrazone groups is 1. The SMILES string of the molecule is O=C(NN=C(Cc1ccccc1)Cc1ccccc1)c1cc2c(s1)CCCC2. The summed E-state index contributed by atoms with van der Waals surface area (Å²) in [6, 6.07) is 22.6. The molecule has 1 aliphatic carbocycles. The normalized spacial score (nSPS) is 12.9. The van der Waals surface area contributed by atoms with Crippen molar-refractivity contribution in [2.75, 3.05) is 0 Å². The second kappa shape index (κ2) is 8.98. The fourth-order valence-corrected chi connectivity index (χ4v) is 4.74. The van der Waals surface area contributed by atoms with Crippen LogP contribution in [0.4, 0.5) is 0 Å². The van der Waals surface area contributed by atoms with Gasteiger partial charge in [-0.25, -0.2) is 5.43 Å². The van der Waals surface area contributed by atoms with E-state index in [1.54, 1.807) is 11.3 Å². The Morgan fingerprint density at radius 3 is 2.11 bits per heavy atom. The highest BCUT2D eigenvalue weighted by Gasteiger charge is 2.17. The largest absolute Gasteiger partial charge is 0.281 e. The smallest absolute Gasteiger partial charge is 0.266 e. The van der Waals surface area contributed by atoms with Crippen molar-refractivity contribution in [1.29, 1.82) is 0 Å². The summed E-state index contributed by atoms with van der Waals surface area (Å²) in [4.78, 5) is 14.8. The zero-order chi connectivity index (χ0) is 19.2. The minimum atomic E-state index is -0.0991. The van der Waals surface area contributed by atoms with Crippen LogP contribution in [0, 0.1) is 0 Å². The van der Waals surface area contributed by atoms with Gasteiger partial charge in [-0.1, -0.05) is 60.7 Å². The number of amides is 1. The minimum Gasteiger partial charge on any atom is -0.266 e. The van der Waals surface area contributed by atoms with E-state index in [2.05, 4.69) is 40.9 Å². The standard InChI is InChI=1S/C24H24N2OS/c27-24(23-17-20-13-7-8-14-22(20)28-23)26-25-21(15-18-9-3-1-4-10-18)16-19-11-5-2-6-12-19/h1-6,9-12,17H,7-8,13-16H2,(H,26,27). The maximum atomic E-state index is 12.7. The minimum absolute atomic E-state index is 0.0991. The Bertz CT molecular complexity index is 894. The number of thiophene rings is 1. The monoisotopic (exact) mass is 388 g/mol. The number of carbonyl (C=O) groups is 1.